The maximum absolute atomic E-state index is 9.24. The average molecular weight is 419 g/mol. The second-order valence-electron chi connectivity index (χ2n) is 7.87. The van der Waals surface area contributed by atoms with Crippen molar-refractivity contribution in [1.29, 1.82) is 5.26 Å². The van der Waals surface area contributed by atoms with E-state index < -0.39 is 0 Å². The van der Waals surface area contributed by atoms with Crippen LogP contribution in [0.1, 0.15) is 22.3 Å². The van der Waals surface area contributed by atoms with Crippen molar-refractivity contribution in [3.05, 3.63) is 95.1 Å². The third-order valence-electron chi connectivity index (χ3n) is 5.75. The number of rotatable bonds is 3. The van der Waals surface area contributed by atoms with Gasteiger partial charge >= 0.3 is 0 Å². The lowest BCUT2D eigenvalue weighted by Crippen LogP contribution is -2.46. The van der Waals surface area contributed by atoms with Gasteiger partial charge in [-0.1, -0.05) is 53.4 Å². The topological polar surface area (TPSA) is 56.3 Å². The van der Waals surface area contributed by atoms with Gasteiger partial charge in [0.2, 0.25) is 0 Å². The van der Waals surface area contributed by atoms with E-state index in [4.69, 9.17) is 4.52 Å². The zero-order chi connectivity index (χ0) is 21.8. The first-order valence-corrected chi connectivity index (χ1v) is 10.7. The first-order chi connectivity index (χ1) is 15.8. The normalized spacial score (nSPS) is 14.0. The number of hydrogen-bond donors (Lipinski definition) is 0. The van der Waals surface area contributed by atoms with Gasteiger partial charge in [0, 0.05) is 43.9 Å². The summed E-state index contributed by atoms with van der Waals surface area (Å²) < 4.78 is 5.47. The Morgan fingerprint density at radius 2 is 1.62 bits per heavy atom. The molecule has 5 nitrogen and oxygen atoms in total. The third-order valence-corrected chi connectivity index (χ3v) is 5.75. The number of anilines is 1. The van der Waals surface area contributed by atoms with Crippen molar-refractivity contribution in [2.45, 2.75) is 6.54 Å². The SMILES string of the molecule is N#Cc1ccccc1C#Cc1cccc(CN2CCN(c3noc4ccccc34)CC2)c1. The standard InChI is InChI=1S/C27H22N4O/c28-19-24-9-2-1-8-23(24)13-12-21-6-5-7-22(18-21)20-30-14-16-31(17-15-30)27-25-10-3-4-11-26(25)32-29-27/h1-11,18H,14-17,20H2. The molecule has 1 aliphatic rings. The molecule has 0 bridgehead atoms. The zero-order valence-corrected chi connectivity index (χ0v) is 17.7. The zero-order valence-electron chi connectivity index (χ0n) is 17.7. The summed E-state index contributed by atoms with van der Waals surface area (Å²) in [6.45, 7) is 4.65. The second-order valence-corrected chi connectivity index (χ2v) is 7.87. The van der Waals surface area contributed by atoms with E-state index in [-0.39, 0.29) is 0 Å². The Morgan fingerprint density at radius 1 is 0.844 bits per heavy atom. The molecule has 0 unspecified atom stereocenters. The lowest BCUT2D eigenvalue weighted by molar-refractivity contribution is 0.248. The number of aromatic nitrogens is 1. The molecule has 5 heteroatoms. The molecule has 0 radical (unpaired) electrons. The number of fused-ring (bicyclic) bond motifs is 1. The molecular weight excluding hydrogens is 396 g/mol. The summed E-state index contributed by atoms with van der Waals surface area (Å²) in [5.41, 5.74) is 4.40. The van der Waals surface area contributed by atoms with Crippen LogP contribution in [0.4, 0.5) is 5.82 Å². The van der Waals surface area contributed by atoms with Gasteiger partial charge in [0.05, 0.1) is 10.9 Å². The van der Waals surface area contributed by atoms with Gasteiger partial charge in [-0.2, -0.15) is 5.26 Å². The Labute approximate surface area is 187 Å². The summed E-state index contributed by atoms with van der Waals surface area (Å²) in [5.74, 6) is 7.29. The van der Waals surface area contributed by atoms with Crippen molar-refractivity contribution in [1.82, 2.24) is 10.1 Å². The summed E-state index contributed by atoms with van der Waals surface area (Å²) >= 11 is 0. The average Bonchev–Trinajstić information content (AvgIpc) is 3.28. The maximum atomic E-state index is 9.24. The molecule has 156 valence electrons. The minimum Gasteiger partial charge on any atom is -0.354 e. The second kappa shape index (κ2) is 8.98. The molecule has 0 amide bonds. The van der Waals surface area contributed by atoms with Crippen molar-refractivity contribution in [3.8, 4) is 17.9 Å². The molecule has 1 aliphatic heterocycles. The number of nitriles is 1. The quantitative estimate of drug-likeness (QED) is 0.461. The molecule has 5 rings (SSSR count). The third kappa shape index (κ3) is 4.21. The van der Waals surface area contributed by atoms with Crippen molar-refractivity contribution in [2.75, 3.05) is 31.1 Å². The minimum absolute atomic E-state index is 0.605. The highest BCUT2D eigenvalue weighted by molar-refractivity contribution is 5.88. The Hall–Kier alpha value is -4.06. The molecule has 1 fully saturated rings. The fourth-order valence-corrected chi connectivity index (χ4v) is 4.05. The van der Waals surface area contributed by atoms with E-state index >= 15 is 0 Å². The monoisotopic (exact) mass is 418 g/mol. The van der Waals surface area contributed by atoms with Gasteiger partial charge in [-0.15, -0.1) is 0 Å². The lowest BCUT2D eigenvalue weighted by atomic mass is 10.1. The van der Waals surface area contributed by atoms with E-state index in [9.17, 15) is 5.26 Å². The van der Waals surface area contributed by atoms with Crippen LogP contribution in [0.15, 0.2) is 77.3 Å². The van der Waals surface area contributed by atoms with E-state index in [1.807, 2.05) is 48.5 Å². The number of benzene rings is 3. The maximum Gasteiger partial charge on any atom is 0.180 e. The lowest BCUT2D eigenvalue weighted by Gasteiger charge is -2.34. The molecule has 1 aromatic heterocycles. The van der Waals surface area contributed by atoms with E-state index in [1.165, 1.54) is 5.56 Å². The van der Waals surface area contributed by atoms with Gasteiger partial charge in [0.25, 0.3) is 0 Å². The van der Waals surface area contributed by atoms with Crippen LogP contribution in [0.5, 0.6) is 0 Å². The molecule has 4 aromatic rings. The van der Waals surface area contributed by atoms with Crippen LogP contribution < -0.4 is 4.90 Å². The van der Waals surface area contributed by atoms with E-state index in [1.54, 1.807) is 6.07 Å². The molecule has 32 heavy (non-hydrogen) atoms. The summed E-state index contributed by atoms with van der Waals surface area (Å²) in [6, 6.07) is 26.0. The number of nitrogens with zero attached hydrogens (tertiary/aromatic N) is 4. The summed E-state index contributed by atoms with van der Waals surface area (Å²) in [5, 5.41) is 14.6. The highest BCUT2D eigenvalue weighted by atomic mass is 16.5. The fraction of sp³-hybridized carbons (Fsp3) is 0.185. The Morgan fingerprint density at radius 3 is 2.47 bits per heavy atom. The van der Waals surface area contributed by atoms with Crippen LogP contribution in [-0.4, -0.2) is 36.2 Å². The van der Waals surface area contributed by atoms with E-state index in [2.05, 4.69) is 51.1 Å². The van der Waals surface area contributed by atoms with Gasteiger partial charge in [-0.05, 0) is 42.0 Å². The van der Waals surface area contributed by atoms with Gasteiger partial charge in [0.1, 0.15) is 6.07 Å². The summed E-state index contributed by atoms with van der Waals surface area (Å²) in [6.07, 6.45) is 0. The molecular formula is C27H22N4O. The number of piperazine rings is 1. The fourth-order valence-electron chi connectivity index (χ4n) is 4.05. The molecule has 1 saturated heterocycles. The van der Waals surface area contributed by atoms with Crippen LogP contribution >= 0.6 is 0 Å². The molecule has 2 heterocycles. The van der Waals surface area contributed by atoms with Crippen LogP contribution in [-0.2, 0) is 6.54 Å². The predicted molar refractivity (Wildman–Crippen MR) is 125 cm³/mol. The number of para-hydroxylation sites is 1. The van der Waals surface area contributed by atoms with Gasteiger partial charge in [-0.3, -0.25) is 4.90 Å². The van der Waals surface area contributed by atoms with Gasteiger partial charge in [0.15, 0.2) is 11.4 Å². The molecule has 0 saturated carbocycles. The largest absolute Gasteiger partial charge is 0.354 e. The van der Waals surface area contributed by atoms with Crippen LogP contribution in [0.2, 0.25) is 0 Å². The first kappa shape index (κ1) is 19.9. The van der Waals surface area contributed by atoms with Gasteiger partial charge < -0.3 is 9.42 Å². The van der Waals surface area contributed by atoms with Crippen LogP contribution in [0.3, 0.4) is 0 Å². The smallest absolute Gasteiger partial charge is 0.180 e. The molecule has 3 aromatic carbocycles. The van der Waals surface area contributed by atoms with Crippen molar-refractivity contribution in [2.24, 2.45) is 0 Å². The van der Waals surface area contributed by atoms with Crippen molar-refractivity contribution < 1.29 is 4.52 Å². The highest BCUT2D eigenvalue weighted by Gasteiger charge is 2.21. The molecule has 0 spiro atoms. The minimum atomic E-state index is 0.605. The first-order valence-electron chi connectivity index (χ1n) is 10.7. The Balaban J connectivity index is 1.24. The Kier molecular flexibility index (Phi) is 5.58. The molecule has 0 atom stereocenters. The van der Waals surface area contributed by atoms with E-state index in [0.717, 1.165) is 60.6 Å². The van der Waals surface area contributed by atoms with E-state index in [0.29, 0.717) is 5.56 Å². The molecule has 0 aliphatic carbocycles. The highest BCUT2D eigenvalue weighted by Crippen LogP contribution is 2.26. The predicted octanol–water partition coefficient (Wildman–Crippen LogP) is 4.42. The van der Waals surface area contributed by atoms with Crippen LogP contribution in [0.25, 0.3) is 11.0 Å². The van der Waals surface area contributed by atoms with Crippen LogP contribution in [0, 0.1) is 23.2 Å². The Bertz CT molecular complexity index is 1350. The molecule has 0 N–H and O–H groups in total. The summed E-state index contributed by atoms with van der Waals surface area (Å²) in [7, 11) is 0. The van der Waals surface area contributed by atoms with Crippen molar-refractivity contribution >= 4 is 16.8 Å². The number of hydrogen-bond acceptors (Lipinski definition) is 5. The summed E-state index contributed by atoms with van der Waals surface area (Å²) in [4.78, 5) is 4.76. The van der Waals surface area contributed by atoms with Gasteiger partial charge in [-0.25, -0.2) is 0 Å². The van der Waals surface area contributed by atoms with Crippen molar-refractivity contribution in [3.63, 3.8) is 0 Å².